The SMILES string of the molecule is CCNc1cc(NCCCCC(C)C)nc(C(C)(C)C)n1. The number of unbranched alkanes of at least 4 members (excludes halogenated alkanes) is 1. The van der Waals surface area contributed by atoms with Crippen LogP contribution in [-0.4, -0.2) is 23.1 Å². The monoisotopic (exact) mass is 292 g/mol. The van der Waals surface area contributed by atoms with Gasteiger partial charge in [-0.2, -0.15) is 0 Å². The van der Waals surface area contributed by atoms with E-state index in [1.54, 1.807) is 0 Å². The summed E-state index contributed by atoms with van der Waals surface area (Å²) >= 11 is 0. The van der Waals surface area contributed by atoms with Crippen molar-refractivity contribution in [1.82, 2.24) is 9.97 Å². The van der Waals surface area contributed by atoms with Gasteiger partial charge in [-0.15, -0.1) is 0 Å². The van der Waals surface area contributed by atoms with Crippen LogP contribution in [0.5, 0.6) is 0 Å². The molecule has 0 aliphatic carbocycles. The number of nitrogens with zero attached hydrogens (tertiary/aromatic N) is 2. The van der Waals surface area contributed by atoms with Crippen molar-refractivity contribution >= 4 is 11.6 Å². The van der Waals surface area contributed by atoms with Crippen LogP contribution in [0.15, 0.2) is 6.07 Å². The molecule has 1 heterocycles. The van der Waals surface area contributed by atoms with Gasteiger partial charge in [0.15, 0.2) is 0 Å². The second-order valence-electron chi connectivity index (χ2n) is 7.06. The molecule has 0 aliphatic rings. The van der Waals surface area contributed by atoms with Gasteiger partial charge in [-0.1, -0.05) is 47.5 Å². The smallest absolute Gasteiger partial charge is 0.138 e. The average molecular weight is 292 g/mol. The van der Waals surface area contributed by atoms with E-state index < -0.39 is 0 Å². The molecule has 0 aliphatic heterocycles. The van der Waals surface area contributed by atoms with Crippen molar-refractivity contribution in [3.63, 3.8) is 0 Å². The molecule has 0 atom stereocenters. The van der Waals surface area contributed by atoms with Crippen LogP contribution in [-0.2, 0) is 5.41 Å². The van der Waals surface area contributed by atoms with Gasteiger partial charge in [-0.3, -0.25) is 0 Å². The van der Waals surface area contributed by atoms with Crippen LogP contribution >= 0.6 is 0 Å². The van der Waals surface area contributed by atoms with Crippen molar-refractivity contribution in [2.75, 3.05) is 23.7 Å². The van der Waals surface area contributed by atoms with E-state index in [2.05, 4.69) is 62.1 Å². The maximum absolute atomic E-state index is 4.66. The highest BCUT2D eigenvalue weighted by Gasteiger charge is 2.19. The van der Waals surface area contributed by atoms with Crippen LogP contribution in [0.3, 0.4) is 0 Å². The Morgan fingerprint density at radius 3 is 2.19 bits per heavy atom. The van der Waals surface area contributed by atoms with E-state index in [4.69, 9.17) is 0 Å². The van der Waals surface area contributed by atoms with Crippen molar-refractivity contribution in [3.05, 3.63) is 11.9 Å². The first-order valence-corrected chi connectivity index (χ1v) is 8.20. The molecule has 0 spiro atoms. The molecule has 0 fully saturated rings. The van der Waals surface area contributed by atoms with Crippen molar-refractivity contribution < 1.29 is 0 Å². The Hall–Kier alpha value is -1.32. The highest BCUT2D eigenvalue weighted by atomic mass is 15.1. The van der Waals surface area contributed by atoms with Crippen LogP contribution in [0.4, 0.5) is 11.6 Å². The minimum atomic E-state index is -0.0422. The lowest BCUT2D eigenvalue weighted by Gasteiger charge is -2.19. The van der Waals surface area contributed by atoms with Crippen LogP contribution in [0.2, 0.25) is 0 Å². The van der Waals surface area contributed by atoms with E-state index in [1.807, 2.05) is 6.07 Å². The van der Waals surface area contributed by atoms with E-state index in [0.717, 1.165) is 36.5 Å². The molecule has 1 aromatic heterocycles. The Morgan fingerprint density at radius 1 is 1.05 bits per heavy atom. The number of aromatic nitrogens is 2. The Kier molecular flexibility index (Phi) is 6.93. The Bertz CT molecular complexity index is 421. The Morgan fingerprint density at radius 2 is 1.67 bits per heavy atom. The van der Waals surface area contributed by atoms with E-state index >= 15 is 0 Å². The van der Waals surface area contributed by atoms with Gasteiger partial charge in [0, 0.05) is 24.6 Å². The molecule has 2 N–H and O–H groups in total. The van der Waals surface area contributed by atoms with Gasteiger partial charge in [-0.25, -0.2) is 9.97 Å². The number of nitrogens with one attached hydrogen (secondary N) is 2. The number of rotatable bonds is 8. The van der Waals surface area contributed by atoms with Gasteiger partial charge >= 0.3 is 0 Å². The van der Waals surface area contributed by atoms with E-state index in [-0.39, 0.29) is 5.41 Å². The van der Waals surface area contributed by atoms with Crippen LogP contribution in [0.25, 0.3) is 0 Å². The third-order valence-corrected chi connectivity index (χ3v) is 3.27. The quantitative estimate of drug-likeness (QED) is 0.695. The average Bonchev–Trinajstić information content (AvgIpc) is 2.37. The third-order valence-electron chi connectivity index (χ3n) is 3.27. The van der Waals surface area contributed by atoms with Gasteiger partial charge in [-0.05, 0) is 19.3 Å². The van der Waals surface area contributed by atoms with Gasteiger partial charge < -0.3 is 10.6 Å². The summed E-state index contributed by atoms with van der Waals surface area (Å²) in [6.45, 7) is 14.9. The van der Waals surface area contributed by atoms with Crippen molar-refractivity contribution in [2.24, 2.45) is 5.92 Å². The molecule has 4 nitrogen and oxygen atoms in total. The summed E-state index contributed by atoms with van der Waals surface area (Å²) in [6.07, 6.45) is 3.74. The summed E-state index contributed by atoms with van der Waals surface area (Å²) in [5.41, 5.74) is -0.0422. The molecular formula is C17H32N4. The van der Waals surface area contributed by atoms with E-state index in [0.29, 0.717) is 0 Å². The highest BCUT2D eigenvalue weighted by Crippen LogP contribution is 2.22. The molecule has 0 amide bonds. The van der Waals surface area contributed by atoms with Gasteiger partial charge in [0.1, 0.15) is 17.5 Å². The molecule has 0 unspecified atom stereocenters. The second-order valence-corrected chi connectivity index (χ2v) is 7.06. The van der Waals surface area contributed by atoms with Gasteiger partial charge in [0.25, 0.3) is 0 Å². The Balaban J connectivity index is 2.65. The lowest BCUT2D eigenvalue weighted by atomic mass is 9.96. The number of anilines is 2. The molecule has 0 saturated carbocycles. The minimum Gasteiger partial charge on any atom is -0.370 e. The molecule has 0 aromatic carbocycles. The largest absolute Gasteiger partial charge is 0.370 e. The van der Waals surface area contributed by atoms with Crippen molar-refractivity contribution in [2.45, 2.75) is 66.2 Å². The molecule has 120 valence electrons. The maximum Gasteiger partial charge on any atom is 0.138 e. The fourth-order valence-electron chi connectivity index (χ4n) is 2.04. The fourth-order valence-corrected chi connectivity index (χ4v) is 2.04. The first-order chi connectivity index (χ1) is 9.82. The summed E-state index contributed by atoms with van der Waals surface area (Å²) in [5.74, 6) is 3.50. The summed E-state index contributed by atoms with van der Waals surface area (Å²) in [6, 6.07) is 2.00. The van der Waals surface area contributed by atoms with Gasteiger partial charge in [0.2, 0.25) is 0 Å². The molecule has 0 radical (unpaired) electrons. The van der Waals surface area contributed by atoms with Gasteiger partial charge in [0.05, 0.1) is 0 Å². The van der Waals surface area contributed by atoms with E-state index in [9.17, 15) is 0 Å². The summed E-state index contributed by atoms with van der Waals surface area (Å²) < 4.78 is 0. The molecular weight excluding hydrogens is 260 g/mol. The van der Waals surface area contributed by atoms with Crippen LogP contribution in [0, 0.1) is 5.92 Å². The summed E-state index contributed by atoms with van der Waals surface area (Å²) in [7, 11) is 0. The maximum atomic E-state index is 4.66. The molecule has 4 heteroatoms. The molecule has 0 saturated heterocycles. The third kappa shape index (κ3) is 6.78. The summed E-state index contributed by atoms with van der Waals surface area (Å²) in [4.78, 5) is 9.26. The normalized spacial score (nSPS) is 11.8. The first kappa shape index (κ1) is 17.7. The standard InChI is InChI=1S/C17H32N4/c1-7-18-14-12-15(19-11-9-8-10-13(2)3)21-16(20-14)17(4,5)6/h12-13H,7-11H2,1-6H3,(H2,18,19,20,21). The molecule has 1 aromatic rings. The summed E-state index contributed by atoms with van der Waals surface area (Å²) in [5, 5.41) is 6.72. The first-order valence-electron chi connectivity index (χ1n) is 8.20. The predicted molar refractivity (Wildman–Crippen MR) is 92.1 cm³/mol. The molecule has 21 heavy (non-hydrogen) atoms. The zero-order chi connectivity index (χ0) is 15.9. The number of hydrogen-bond donors (Lipinski definition) is 2. The minimum absolute atomic E-state index is 0.0422. The topological polar surface area (TPSA) is 49.8 Å². The molecule has 0 bridgehead atoms. The Labute approximate surface area is 130 Å². The highest BCUT2D eigenvalue weighted by molar-refractivity contribution is 5.48. The van der Waals surface area contributed by atoms with E-state index in [1.165, 1.54) is 19.3 Å². The second kappa shape index (κ2) is 8.20. The fraction of sp³-hybridized carbons (Fsp3) is 0.765. The van der Waals surface area contributed by atoms with Crippen LogP contribution < -0.4 is 10.6 Å². The van der Waals surface area contributed by atoms with Crippen LogP contribution in [0.1, 0.15) is 66.6 Å². The van der Waals surface area contributed by atoms with Crippen molar-refractivity contribution in [3.8, 4) is 0 Å². The number of hydrogen-bond acceptors (Lipinski definition) is 4. The van der Waals surface area contributed by atoms with Crippen molar-refractivity contribution in [1.29, 1.82) is 0 Å². The zero-order valence-corrected chi connectivity index (χ0v) is 14.6. The zero-order valence-electron chi connectivity index (χ0n) is 14.6. The predicted octanol–water partition coefficient (Wildman–Crippen LogP) is 4.44. The lowest BCUT2D eigenvalue weighted by molar-refractivity contribution is 0.541. The molecule has 1 rings (SSSR count). The lowest BCUT2D eigenvalue weighted by Crippen LogP contribution is -2.19.